The van der Waals surface area contributed by atoms with E-state index in [2.05, 4.69) is 11.5 Å². The first-order chi connectivity index (χ1) is 16.7. The van der Waals surface area contributed by atoms with Gasteiger partial charge in [-0.25, -0.2) is 8.42 Å². The lowest BCUT2D eigenvalue weighted by Gasteiger charge is -2.64. The quantitative estimate of drug-likeness (QED) is 0.598. The zero-order valence-corrected chi connectivity index (χ0v) is 20.7. The van der Waals surface area contributed by atoms with Crippen LogP contribution in [0.1, 0.15) is 36.0 Å². The molecular formula is C27H32N2O5S. The first-order valence-electron chi connectivity index (χ1n) is 12.3. The van der Waals surface area contributed by atoms with E-state index in [0.717, 1.165) is 23.2 Å². The average Bonchev–Trinajstić information content (AvgIpc) is 3.18. The Kier molecular flexibility index (Phi) is 5.14. The number of phenols is 1. The first kappa shape index (κ1) is 23.0. The number of rotatable bonds is 6. The lowest BCUT2D eigenvalue weighted by Crippen LogP contribution is -2.78. The predicted molar refractivity (Wildman–Crippen MR) is 133 cm³/mol. The molecule has 2 fully saturated rings. The minimum atomic E-state index is -3.64. The Labute approximate surface area is 206 Å². The molecule has 1 saturated carbocycles. The summed E-state index contributed by atoms with van der Waals surface area (Å²) in [5, 5.41) is 23.2. The first-order valence-corrected chi connectivity index (χ1v) is 13.9. The van der Waals surface area contributed by atoms with Crippen molar-refractivity contribution in [1.29, 1.82) is 0 Å². The maximum absolute atomic E-state index is 13.5. The van der Waals surface area contributed by atoms with Gasteiger partial charge < -0.3 is 14.9 Å². The zero-order valence-electron chi connectivity index (χ0n) is 19.9. The largest absolute Gasteiger partial charge is 0.504 e. The number of hydrogen-bond donors (Lipinski definition) is 2. The fraction of sp³-hybridized carbons (Fsp3) is 0.481. The third kappa shape index (κ3) is 3.03. The molecule has 2 aliphatic carbocycles. The summed E-state index contributed by atoms with van der Waals surface area (Å²) >= 11 is 0. The number of aromatic hydroxyl groups is 1. The van der Waals surface area contributed by atoms with Gasteiger partial charge in [0.1, 0.15) is 6.10 Å². The highest BCUT2D eigenvalue weighted by atomic mass is 32.2. The van der Waals surface area contributed by atoms with Crippen LogP contribution in [0.3, 0.4) is 0 Å². The number of likely N-dealkylation sites (N-methyl/N-ethyl adjacent to an activating group) is 1. The number of ether oxygens (including phenoxy) is 1. The number of sulfonamides is 1. The molecule has 7 nitrogen and oxygen atoms in total. The molecule has 6 rings (SSSR count). The summed E-state index contributed by atoms with van der Waals surface area (Å²) in [6, 6.07) is 12.2. The van der Waals surface area contributed by atoms with E-state index in [1.54, 1.807) is 13.1 Å². The van der Waals surface area contributed by atoms with Crippen LogP contribution in [-0.2, 0) is 27.6 Å². The maximum atomic E-state index is 13.5. The molecule has 1 spiro atoms. The zero-order chi connectivity index (χ0) is 24.6. The van der Waals surface area contributed by atoms with Crippen molar-refractivity contribution in [3.05, 3.63) is 71.8 Å². The van der Waals surface area contributed by atoms with Crippen molar-refractivity contribution in [1.82, 2.24) is 9.21 Å². The number of hydrogen-bond acceptors (Lipinski definition) is 6. The third-order valence-electron chi connectivity index (χ3n) is 9.00. The Hall–Kier alpha value is -2.39. The summed E-state index contributed by atoms with van der Waals surface area (Å²) in [6.45, 7) is 5.34. The normalized spacial score (nSPS) is 33.3. The average molecular weight is 497 g/mol. The van der Waals surface area contributed by atoms with Gasteiger partial charge in [0.2, 0.25) is 10.0 Å². The number of phenolic OH excluding ortho intramolecular Hbond substituents is 1. The van der Waals surface area contributed by atoms with Crippen LogP contribution in [0.2, 0.25) is 0 Å². The Bertz CT molecular complexity index is 1280. The topological polar surface area (TPSA) is 90.3 Å². The van der Waals surface area contributed by atoms with Gasteiger partial charge in [0.05, 0.1) is 22.8 Å². The van der Waals surface area contributed by atoms with Gasteiger partial charge in [-0.1, -0.05) is 42.5 Å². The van der Waals surface area contributed by atoms with Gasteiger partial charge >= 0.3 is 0 Å². The van der Waals surface area contributed by atoms with Crippen molar-refractivity contribution in [2.75, 3.05) is 20.1 Å². The number of piperidine rings is 1. The van der Waals surface area contributed by atoms with Crippen molar-refractivity contribution in [3.63, 3.8) is 0 Å². The van der Waals surface area contributed by atoms with Crippen molar-refractivity contribution in [3.8, 4) is 11.5 Å². The van der Waals surface area contributed by atoms with Crippen LogP contribution in [0.4, 0.5) is 0 Å². The van der Waals surface area contributed by atoms with E-state index in [-0.39, 0.29) is 17.5 Å². The summed E-state index contributed by atoms with van der Waals surface area (Å²) in [4.78, 5) is 2.29. The van der Waals surface area contributed by atoms with Gasteiger partial charge in [0, 0.05) is 25.2 Å². The third-order valence-corrected chi connectivity index (χ3v) is 10.8. The molecule has 1 saturated heterocycles. The van der Waals surface area contributed by atoms with Crippen LogP contribution in [0, 0.1) is 0 Å². The van der Waals surface area contributed by atoms with Gasteiger partial charge in [-0.2, -0.15) is 4.31 Å². The molecule has 0 amide bonds. The van der Waals surface area contributed by atoms with E-state index < -0.39 is 33.2 Å². The lowest BCUT2D eigenvalue weighted by atomic mass is 9.48. The van der Waals surface area contributed by atoms with Crippen LogP contribution in [0.25, 0.3) is 0 Å². The lowest BCUT2D eigenvalue weighted by molar-refractivity contribution is -0.193. The molecule has 2 bridgehead atoms. The van der Waals surface area contributed by atoms with E-state index in [1.165, 1.54) is 4.31 Å². The van der Waals surface area contributed by atoms with Gasteiger partial charge in [-0.05, 0) is 49.4 Å². The standard InChI is InChI=1S/C27H32N2O5S/c1-3-14-29-15-13-26-23-19-9-10-21(30)24(23)34-25(26)20(11-12-27(26,31)22(29)16-19)28(2)35(32,33)17-18-7-5-4-6-8-18/h3-10,20,22,25,30-31H,1,11-17H2,2H3/t20?,22-,25?,26+,27-/m1/s1. The monoisotopic (exact) mass is 496 g/mol. The fourth-order valence-electron chi connectivity index (χ4n) is 7.45. The maximum Gasteiger partial charge on any atom is 0.218 e. The minimum absolute atomic E-state index is 0.0513. The summed E-state index contributed by atoms with van der Waals surface area (Å²) < 4.78 is 35.0. The smallest absolute Gasteiger partial charge is 0.218 e. The number of benzene rings is 2. The van der Waals surface area contributed by atoms with Crippen LogP contribution in [0.15, 0.2) is 55.1 Å². The predicted octanol–water partition coefficient (Wildman–Crippen LogP) is 2.56. The molecule has 2 aromatic rings. The summed E-state index contributed by atoms with van der Waals surface area (Å²) in [6.07, 6.45) is 3.54. The minimum Gasteiger partial charge on any atom is -0.504 e. The fourth-order valence-corrected chi connectivity index (χ4v) is 8.90. The molecule has 2 aromatic carbocycles. The molecule has 186 valence electrons. The number of likely N-dealkylation sites (tertiary alicyclic amines) is 1. The molecule has 2 aliphatic heterocycles. The SMILES string of the molecule is C=CCN1CC[C@]23c4c5ccc(O)c4OC2C(N(C)S(=O)(=O)Cc2ccccc2)CC[C@@]3(O)[C@H]1C5. The summed E-state index contributed by atoms with van der Waals surface area (Å²) in [5.41, 5.74) is 0.843. The Morgan fingerprint density at radius 2 is 2.00 bits per heavy atom. The van der Waals surface area contributed by atoms with E-state index in [0.29, 0.717) is 38.0 Å². The van der Waals surface area contributed by atoms with E-state index in [1.807, 2.05) is 42.5 Å². The van der Waals surface area contributed by atoms with Crippen molar-refractivity contribution in [2.24, 2.45) is 0 Å². The Morgan fingerprint density at radius 3 is 2.74 bits per heavy atom. The van der Waals surface area contributed by atoms with E-state index >= 15 is 0 Å². The molecule has 5 atom stereocenters. The van der Waals surface area contributed by atoms with E-state index in [9.17, 15) is 18.6 Å². The molecule has 2 unspecified atom stereocenters. The van der Waals surface area contributed by atoms with Crippen LogP contribution >= 0.6 is 0 Å². The number of nitrogens with zero attached hydrogens (tertiary/aromatic N) is 2. The molecule has 0 radical (unpaired) electrons. The van der Waals surface area contributed by atoms with Gasteiger partial charge in [-0.3, -0.25) is 4.90 Å². The Morgan fingerprint density at radius 1 is 1.23 bits per heavy atom. The van der Waals surface area contributed by atoms with Gasteiger partial charge in [0.25, 0.3) is 0 Å². The van der Waals surface area contributed by atoms with Gasteiger partial charge in [-0.15, -0.1) is 6.58 Å². The van der Waals surface area contributed by atoms with Crippen LogP contribution in [0.5, 0.6) is 11.5 Å². The molecule has 0 aromatic heterocycles. The van der Waals surface area contributed by atoms with Crippen molar-refractivity contribution in [2.45, 2.75) is 60.6 Å². The Balaban J connectivity index is 1.44. The highest BCUT2D eigenvalue weighted by Gasteiger charge is 2.73. The molecule has 2 N–H and O–H groups in total. The second kappa shape index (κ2) is 7.80. The second-order valence-corrected chi connectivity index (χ2v) is 12.5. The summed E-state index contributed by atoms with van der Waals surface area (Å²) in [7, 11) is -2.01. The highest BCUT2D eigenvalue weighted by Crippen LogP contribution is 2.65. The highest BCUT2D eigenvalue weighted by molar-refractivity contribution is 7.88. The second-order valence-electron chi connectivity index (χ2n) is 10.5. The molecule has 4 aliphatic rings. The van der Waals surface area contributed by atoms with Gasteiger partial charge in [0.15, 0.2) is 11.5 Å². The molecule has 35 heavy (non-hydrogen) atoms. The molecule has 8 heteroatoms. The van der Waals surface area contributed by atoms with Crippen LogP contribution < -0.4 is 4.74 Å². The number of aliphatic hydroxyl groups is 1. The van der Waals surface area contributed by atoms with Crippen molar-refractivity contribution < 1.29 is 23.4 Å². The molecule has 2 heterocycles. The van der Waals surface area contributed by atoms with E-state index in [4.69, 9.17) is 4.74 Å². The van der Waals surface area contributed by atoms with Crippen LogP contribution in [-0.4, -0.2) is 71.8 Å². The van der Waals surface area contributed by atoms with Crippen molar-refractivity contribution >= 4 is 10.0 Å². The summed E-state index contributed by atoms with van der Waals surface area (Å²) in [5.74, 6) is 0.377. The molecular weight excluding hydrogens is 464 g/mol.